The number of carbonyl (C=O) groups excluding carboxylic acids is 2. The monoisotopic (exact) mass is 495 g/mol. The second-order valence-corrected chi connectivity index (χ2v) is 8.32. The molecule has 1 fully saturated rings. The van der Waals surface area contributed by atoms with Crippen molar-refractivity contribution in [2.45, 2.75) is 38.2 Å². The lowest BCUT2D eigenvalue weighted by molar-refractivity contribution is -0.143. The number of thiazole rings is 1. The number of amides is 2. The van der Waals surface area contributed by atoms with E-state index in [1.807, 2.05) is 0 Å². The molecule has 1 N–H and O–H groups in total. The van der Waals surface area contributed by atoms with Crippen molar-refractivity contribution in [1.29, 1.82) is 0 Å². The zero-order valence-electron chi connectivity index (χ0n) is 17.2. The van der Waals surface area contributed by atoms with Crippen LogP contribution in [0.2, 0.25) is 0 Å². The molecule has 6 nitrogen and oxygen atoms in total. The van der Waals surface area contributed by atoms with Crippen LogP contribution >= 0.6 is 11.3 Å². The Balaban J connectivity index is 1.90. The molecule has 13 heteroatoms. The Bertz CT molecular complexity index is 983. The lowest BCUT2D eigenvalue weighted by atomic mass is 10.0. The molecule has 1 atom stereocenters. The quantitative estimate of drug-likeness (QED) is 0.588. The molecule has 33 heavy (non-hydrogen) atoms. The first kappa shape index (κ1) is 25.0. The van der Waals surface area contributed by atoms with Crippen molar-refractivity contribution in [3.63, 3.8) is 0 Å². The molecule has 2 aromatic rings. The number of alkyl halides is 6. The highest BCUT2D eigenvalue weighted by Crippen LogP contribution is 2.36. The van der Waals surface area contributed by atoms with Gasteiger partial charge in [0, 0.05) is 24.1 Å². The van der Waals surface area contributed by atoms with Gasteiger partial charge in [-0.15, -0.1) is 11.3 Å². The number of ether oxygens (including phenoxy) is 1. The molecule has 2 heterocycles. The van der Waals surface area contributed by atoms with E-state index in [4.69, 9.17) is 4.74 Å². The highest BCUT2D eigenvalue weighted by Gasteiger charge is 2.38. The van der Waals surface area contributed by atoms with Crippen LogP contribution in [0.5, 0.6) is 0 Å². The molecule has 1 aromatic heterocycles. The second-order valence-electron chi connectivity index (χ2n) is 7.46. The molecule has 1 aliphatic heterocycles. The normalized spacial score (nSPS) is 16.6. The summed E-state index contributed by atoms with van der Waals surface area (Å²) < 4.78 is 84.6. The number of nitrogens with one attached hydrogen (secondary N) is 1. The van der Waals surface area contributed by atoms with Crippen LogP contribution in [0.1, 0.15) is 40.0 Å². The maximum absolute atomic E-state index is 13.2. The van der Waals surface area contributed by atoms with Gasteiger partial charge in [0.1, 0.15) is 6.54 Å². The SMILES string of the molecule is Cc1csc(NC(=O)CN(CC2CCCO2)C(=O)c2cc(C(F)(F)F)cc(C(F)(F)F)c2)n1. The summed E-state index contributed by atoms with van der Waals surface area (Å²) in [6.45, 7) is 1.33. The van der Waals surface area contributed by atoms with Crippen molar-refractivity contribution in [2.75, 3.05) is 25.0 Å². The van der Waals surface area contributed by atoms with Crippen LogP contribution in [0.25, 0.3) is 0 Å². The molecule has 0 bridgehead atoms. The summed E-state index contributed by atoms with van der Waals surface area (Å²) in [7, 11) is 0. The molecule has 0 spiro atoms. The molecule has 0 saturated carbocycles. The van der Waals surface area contributed by atoms with E-state index < -0.39 is 53.5 Å². The van der Waals surface area contributed by atoms with E-state index in [9.17, 15) is 35.9 Å². The van der Waals surface area contributed by atoms with Crippen LogP contribution in [-0.4, -0.2) is 47.5 Å². The molecule has 0 aliphatic carbocycles. The lowest BCUT2D eigenvalue weighted by Gasteiger charge is -2.25. The topological polar surface area (TPSA) is 71.5 Å². The van der Waals surface area contributed by atoms with E-state index in [-0.39, 0.29) is 17.7 Å². The zero-order chi connectivity index (χ0) is 24.4. The largest absolute Gasteiger partial charge is 0.416 e. The predicted molar refractivity (Wildman–Crippen MR) is 107 cm³/mol. The summed E-state index contributed by atoms with van der Waals surface area (Å²) >= 11 is 1.13. The molecular weight excluding hydrogens is 476 g/mol. The Labute approximate surface area is 188 Å². The zero-order valence-corrected chi connectivity index (χ0v) is 18.0. The van der Waals surface area contributed by atoms with Crippen molar-refractivity contribution < 1.29 is 40.7 Å². The number of aromatic nitrogens is 1. The summed E-state index contributed by atoms with van der Waals surface area (Å²) in [6.07, 6.45) is -9.48. The molecule has 180 valence electrons. The molecular formula is C20H19F6N3O3S. The van der Waals surface area contributed by atoms with Crippen LogP contribution in [-0.2, 0) is 21.9 Å². The van der Waals surface area contributed by atoms with Gasteiger partial charge in [-0.05, 0) is 38.0 Å². The van der Waals surface area contributed by atoms with Crippen LogP contribution < -0.4 is 5.32 Å². The first-order valence-corrected chi connectivity index (χ1v) is 10.6. The Morgan fingerprint density at radius 3 is 2.27 bits per heavy atom. The Hall–Kier alpha value is -2.67. The van der Waals surface area contributed by atoms with Crippen molar-refractivity contribution in [3.8, 4) is 0 Å². The molecule has 1 aromatic carbocycles. The molecule has 1 aliphatic rings. The number of rotatable bonds is 6. The van der Waals surface area contributed by atoms with Crippen molar-refractivity contribution in [1.82, 2.24) is 9.88 Å². The van der Waals surface area contributed by atoms with Crippen molar-refractivity contribution in [2.24, 2.45) is 0 Å². The smallest absolute Gasteiger partial charge is 0.376 e. The fourth-order valence-corrected chi connectivity index (χ4v) is 3.96. The van der Waals surface area contributed by atoms with E-state index in [0.29, 0.717) is 37.3 Å². The number of anilines is 1. The summed E-state index contributed by atoms with van der Waals surface area (Å²) in [5.41, 5.74) is -3.40. The average molecular weight is 495 g/mol. The minimum absolute atomic E-state index is 0.0568. The summed E-state index contributed by atoms with van der Waals surface area (Å²) in [5, 5.41) is 4.39. The van der Waals surface area contributed by atoms with E-state index in [2.05, 4.69) is 10.3 Å². The third-order valence-electron chi connectivity index (χ3n) is 4.77. The fraction of sp³-hybridized carbons (Fsp3) is 0.450. The van der Waals surface area contributed by atoms with E-state index in [1.54, 1.807) is 12.3 Å². The first-order chi connectivity index (χ1) is 15.3. The highest BCUT2D eigenvalue weighted by molar-refractivity contribution is 7.13. The van der Waals surface area contributed by atoms with Gasteiger partial charge in [-0.25, -0.2) is 4.98 Å². The Kier molecular flexibility index (Phi) is 7.32. The highest BCUT2D eigenvalue weighted by atomic mass is 32.1. The maximum Gasteiger partial charge on any atom is 0.416 e. The minimum Gasteiger partial charge on any atom is -0.376 e. The standard InChI is InChI=1S/C20H19F6N3O3S/c1-11-10-33-18(27-11)28-16(30)9-29(8-15-3-2-4-32-15)17(31)12-5-13(19(21,22)23)7-14(6-12)20(24,25)26/h5-7,10,15H,2-4,8-9H2,1H3,(H,27,28,30). The number of nitrogens with zero attached hydrogens (tertiary/aromatic N) is 2. The van der Waals surface area contributed by atoms with Gasteiger partial charge < -0.3 is 15.0 Å². The number of benzene rings is 1. The Morgan fingerprint density at radius 1 is 1.15 bits per heavy atom. The number of hydrogen-bond donors (Lipinski definition) is 1. The summed E-state index contributed by atoms with van der Waals surface area (Å²) in [6, 6.07) is 0.642. The van der Waals surface area contributed by atoms with E-state index in [0.717, 1.165) is 16.2 Å². The van der Waals surface area contributed by atoms with Crippen molar-refractivity contribution in [3.05, 3.63) is 46.0 Å². The number of aryl methyl sites for hydroxylation is 1. The van der Waals surface area contributed by atoms with Gasteiger partial charge in [0.2, 0.25) is 5.91 Å². The third kappa shape index (κ3) is 6.67. The summed E-state index contributed by atoms with van der Waals surface area (Å²) in [5.74, 6) is -1.84. The van der Waals surface area contributed by atoms with Crippen LogP contribution in [0.3, 0.4) is 0 Å². The van der Waals surface area contributed by atoms with Gasteiger partial charge in [-0.2, -0.15) is 26.3 Å². The second kappa shape index (κ2) is 9.67. The summed E-state index contributed by atoms with van der Waals surface area (Å²) in [4.78, 5) is 30.4. The molecule has 0 radical (unpaired) electrons. The predicted octanol–water partition coefficient (Wildman–Crippen LogP) is 4.75. The Morgan fingerprint density at radius 2 is 1.79 bits per heavy atom. The van der Waals surface area contributed by atoms with Gasteiger partial charge in [0.05, 0.1) is 22.9 Å². The van der Waals surface area contributed by atoms with Crippen molar-refractivity contribution >= 4 is 28.3 Å². The number of hydrogen-bond acceptors (Lipinski definition) is 5. The maximum atomic E-state index is 13.2. The van der Waals surface area contributed by atoms with Gasteiger partial charge in [-0.1, -0.05) is 0 Å². The molecule has 1 unspecified atom stereocenters. The molecule has 3 rings (SSSR count). The van der Waals surface area contributed by atoms with Gasteiger partial charge in [-0.3, -0.25) is 9.59 Å². The molecule has 2 amide bonds. The van der Waals surface area contributed by atoms with Crippen LogP contribution in [0.4, 0.5) is 31.5 Å². The van der Waals surface area contributed by atoms with E-state index >= 15 is 0 Å². The average Bonchev–Trinajstić information content (AvgIpc) is 3.36. The van der Waals surface area contributed by atoms with Gasteiger partial charge >= 0.3 is 12.4 Å². The first-order valence-electron chi connectivity index (χ1n) is 9.75. The lowest BCUT2D eigenvalue weighted by Crippen LogP contribution is -2.42. The van der Waals surface area contributed by atoms with Crippen LogP contribution in [0, 0.1) is 6.92 Å². The number of halogens is 6. The van der Waals surface area contributed by atoms with Crippen LogP contribution in [0.15, 0.2) is 23.6 Å². The minimum atomic E-state index is -5.10. The third-order valence-corrected chi connectivity index (χ3v) is 5.65. The molecule has 1 saturated heterocycles. The van der Waals surface area contributed by atoms with Gasteiger partial charge in [0.15, 0.2) is 5.13 Å². The number of carbonyl (C=O) groups is 2. The van der Waals surface area contributed by atoms with Gasteiger partial charge in [0.25, 0.3) is 5.91 Å². The fourth-order valence-electron chi connectivity index (χ4n) is 3.26. The van der Waals surface area contributed by atoms with E-state index in [1.165, 1.54) is 0 Å².